The molecule has 0 spiro atoms. The van der Waals surface area contributed by atoms with Crippen LogP contribution in [-0.2, 0) is 13.1 Å². The third-order valence-electron chi connectivity index (χ3n) is 3.85. The molecule has 0 bridgehead atoms. The Labute approximate surface area is 153 Å². The van der Waals surface area contributed by atoms with Crippen LogP contribution in [0.15, 0.2) is 35.3 Å². The summed E-state index contributed by atoms with van der Waals surface area (Å²) in [5.74, 6) is 0.735. The molecule has 140 valence electrons. The highest BCUT2D eigenvalue weighted by atomic mass is 16.6. The van der Waals surface area contributed by atoms with Gasteiger partial charge >= 0.3 is 0 Å². The van der Waals surface area contributed by atoms with Crippen molar-refractivity contribution in [2.24, 2.45) is 4.99 Å². The molecule has 1 aromatic carbocycles. The lowest BCUT2D eigenvalue weighted by Crippen LogP contribution is -2.38. The van der Waals surface area contributed by atoms with E-state index in [1.54, 1.807) is 12.1 Å². The van der Waals surface area contributed by atoms with Gasteiger partial charge in [-0.25, -0.2) is 4.99 Å². The monoisotopic (exact) mass is 358 g/mol. The Morgan fingerprint density at radius 1 is 1.27 bits per heavy atom. The predicted molar refractivity (Wildman–Crippen MR) is 102 cm³/mol. The maximum atomic E-state index is 10.7. The molecular formula is C18H26N6O2. The molecule has 8 heteroatoms. The highest BCUT2D eigenvalue weighted by Crippen LogP contribution is 2.12. The van der Waals surface area contributed by atoms with Gasteiger partial charge in [-0.05, 0) is 38.8 Å². The van der Waals surface area contributed by atoms with E-state index >= 15 is 0 Å². The molecule has 0 atom stereocenters. The molecule has 0 aliphatic rings. The molecule has 0 saturated carbocycles. The van der Waals surface area contributed by atoms with E-state index in [-0.39, 0.29) is 5.69 Å². The van der Waals surface area contributed by atoms with Gasteiger partial charge in [-0.3, -0.25) is 14.8 Å². The second-order valence-corrected chi connectivity index (χ2v) is 6.05. The van der Waals surface area contributed by atoms with Gasteiger partial charge in [0.1, 0.15) is 0 Å². The molecule has 1 heterocycles. The molecule has 2 N–H and O–H groups in total. The zero-order valence-corrected chi connectivity index (χ0v) is 15.5. The molecule has 1 aromatic heterocycles. The minimum Gasteiger partial charge on any atom is -0.357 e. The average molecular weight is 358 g/mol. The lowest BCUT2D eigenvalue weighted by molar-refractivity contribution is -0.384. The second kappa shape index (κ2) is 9.55. The minimum absolute atomic E-state index is 0.0897. The van der Waals surface area contributed by atoms with E-state index in [1.807, 2.05) is 18.5 Å². The number of non-ortho nitro benzene ring substituents is 1. The fraction of sp³-hybridized carbons (Fsp3) is 0.444. The van der Waals surface area contributed by atoms with Gasteiger partial charge in [0.05, 0.1) is 17.2 Å². The van der Waals surface area contributed by atoms with Crippen LogP contribution in [0.2, 0.25) is 0 Å². The summed E-state index contributed by atoms with van der Waals surface area (Å²) in [4.78, 5) is 14.8. The molecular weight excluding hydrogens is 332 g/mol. The first-order valence-corrected chi connectivity index (χ1v) is 8.76. The van der Waals surface area contributed by atoms with Crippen LogP contribution >= 0.6 is 0 Å². The topological polar surface area (TPSA) is 97.4 Å². The van der Waals surface area contributed by atoms with E-state index in [9.17, 15) is 10.1 Å². The van der Waals surface area contributed by atoms with Crippen LogP contribution in [0.25, 0.3) is 0 Å². The van der Waals surface area contributed by atoms with Gasteiger partial charge in [0.15, 0.2) is 5.96 Å². The summed E-state index contributed by atoms with van der Waals surface area (Å²) < 4.78 is 2.01. The van der Waals surface area contributed by atoms with Gasteiger partial charge in [0.2, 0.25) is 0 Å². The Morgan fingerprint density at radius 3 is 2.58 bits per heavy atom. The lowest BCUT2D eigenvalue weighted by atomic mass is 10.2. The van der Waals surface area contributed by atoms with Crippen molar-refractivity contribution in [3.63, 3.8) is 0 Å². The molecule has 26 heavy (non-hydrogen) atoms. The van der Waals surface area contributed by atoms with Crippen molar-refractivity contribution in [2.75, 3.05) is 13.1 Å². The SMILES string of the molecule is CCNC(=NCc1ccc([N+](=O)[O-])cc1)NCCCn1nc(C)cc1C. The molecule has 0 aliphatic carbocycles. The minimum atomic E-state index is -0.401. The quantitative estimate of drug-likeness (QED) is 0.248. The molecule has 8 nitrogen and oxygen atoms in total. The average Bonchev–Trinajstić information content (AvgIpc) is 2.94. The summed E-state index contributed by atoms with van der Waals surface area (Å²) in [6, 6.07) is 8.53. The summed E-state index contributed by atoms with van der Waals surface area (Å²) in [5, 5.41) is 21.7. The van der Waals surface area contributed by atoms with E-state index in [2.05, 4.69) is 33.7 Å². The highest BCUT2D eigenvalue weighted by Gasteiger charge is 2.04. The van der Waals surface area contributed by atoms with Crippen LogP contribution < -0.4 is 10.6 Å². The van der Waals surface area contributed by atoms with Crippen LogP contribution in [-0.4, -0.2) is 33.8 Å². The van der Waals surface area contributed by atoms with Crippen molar-refractivity contribution in [1.29, 1.82) is 0 Å². The summed E-state index contributed by atoms with van der Waals surface area (Å²) in [6.07, 6.45) is 0.934. The number of hydrogen-bond acceptors (Lipinski definition) is 4. The molecule has 0 fully saturated rings. The Balaban J connectivity index is 1.83. The Bertz CT molecular complexity index is 752. The zero-order chi connectivity index (χ0) is 18.9. The van der Waals surface area contributed by atoms with Crippen LogP contribution in [0.5, 0.6) is 0 Å². The maximum absolute atomic E-state index is 10.7. The number of nitro groups is 1. The summed E-state index contributed by atoms with van der Waals surface area (Å²) in [5.41, 5.74) is 3.22. The molecule has 0 saturated heterocycles. The molecule has 0 radical (unpaired) electrons. The first-order valence-electron chi connectivity index (χ1n) is 8.76. The van der Waals surface area contributed by atoms with Crippen molar-refractivity contribution in [3.05, 3.63) is 57.4 Å². The third kappa shape index (κ3) is 5.87. The molecule has 0 aliphatic heterocycles. The Kier molecular flexibility index (Phi) is 7.13. The van der Waals surface area contributed by atoms with E-state index in [0.29, 0.717) is 6.54 Å². The second-order valence-electron chi connectivity index (χ2n) is 6.05. The van der Waals surface area contributed by atoms with Crippen molar-refractivity contribution in [3.8, 4) is 0 Å². The number of rotatable bonds is 8. The zero-order valence-electron chi connectivity index (χ0n) is 15.5. The van der Waals surface area contributed by atoms with Gasteiger partial charge in [-0.15, -0.1) is 0 Å². The first kappa shape index (κ1) is 19.4. The summed E-state index contributed by atoms with van der Waals surface area (Å²) in [6.45, 7) is 8.94. The number of nitro benzene ring substituents is 1. The van der Waals surface area contributed by atoms with Crippen molar-refractivity contribution >= 4 is 11.6 Å². The van der Waals surface area contributed by atoms with E-state index in [4.69, 9.17) is 0 Å². The van der Waals surface area contributed by atoms with E-state index < -0.39 is 4.92 Å². The highest BCUT2D eigenvalue weighted by molar-refractivity contribution is 5.79. The smallest absolute Gasteiger partial charge is 0.269 e. The van der Waals surface area contributed by atoms with Crippen LogP contribution in [0.3, 0.4) is 0 Å². The molecule has 2 aromatic rings. The van der Waals surface area contributed by atoms with Gasteiger partial charge in [0, 0.05) is 37.5 Å². The Morgan fingerprint density at radius 2 is 2.00 bits per heavy atom. The van der Waals surface area contributed by atoms with Crippen molar-refractivity contribution in [2.45, 2.75) is 40.3 Å². The van der Waals surface area contributed by atoms with Crippen molar-refractivity contribution < 1.29 is 4.92 Å². The number of hydrogen-bond donors (Lipinski definition) is 2. The largest absolute Gasteiger partial charge is 0.357 e. The number of nitrogens with one attached hydrogen (secondary N) is 2. The van der Waals surface area contributed by atoms with E-state index in [1.165, 1.54) is 17.8 Å². The summed E-state index contributed by atoms with van der Waals surface area (Å²) >= 11 is 0. The van der Waals surface area contributed by atoms with Crippen LogP contribution in [0, 0.1) is 24.0 Å². The van der Waals surface area contributed by atoms with E-state index in [0.717, 1.165) is 43.3 Å². The number of aliphatic imine (C=N–C) groups is 1. The third-order valence-corrected chi connectivity index (χ3v) is 3.85. The van der Waals surface area contributed by atoms with Gasteiger partial charge in [-0.1, -0.05) is 12.1 Å². The van der Waals surface area contributed by atoms with Gasteiger partial charge < -0.3 is 10.6 Å². The first-order chi connectivity index (χ1) is 12.5. The van der Waals surface area contributed by atoms with Gasteiger partial charge in [-0.2, -0.15) is 5.10 Å². The predicted octanol–water partition coefficient (Wildman–Crippen LogP) is 2.55. The number of aromatic nitrogens is 2. The lowest BCUT2D eigenvalue weighted by Gasteiger charge is -2.11. The molecule has 0 amide bonds. The van der Waals surface area contributed by atoms with Crippen LogP contribution in [0.1, 0.15) is 30.3 Å². The number of benzene rings is 1. The fourth-order valence-corrected chi connectivity index (χ4v) is 2.57. The number of nitrogens with zero attached hydrogens (tertiary/aromatic N) is 4. The molecule has 2 rings (SSSR count). The van der Waals surface area contributed by atoms with Gasteiger partial charge in [0.25, 0.3) is 5.69 Å². The normalized spacial score (nSPS) is 11.4. The standard InChI is InChI=1S/C18H26N6O2/c1-4-19-18(20-10-5-11-23-15(3)12-14(2)22-23)21-13-16-6-8-17(9-7-16)24(25)26/h6-9,12H,4-5,10-11,13H2,1-3H3,(H2,19,20,21). The molecule has 0 unspecified atom stereocenters. The maximum Gasteiger partial charge on any atom is 0.269 e. The fourth-order valence-electron chi connectivity index (χ4n) is 2.57. The van der Waals surface area contributed by atoms with Crippen molar-refractivity contribution in [1.82, 2.24) is 20.4 Å². The number of guanidine groups is 1. The van der Waals surface area contributed by atoms with Crippen LogP contribution in [0.4, 0.5) is 5.69 Å². The Hall–Kier alpha value is -2.90. The summed E-state index contributed by atoms with van der Waals surface area (Å²) in [7, 11) is 0. The number of aryl methyl sites for hydroxylation is 3.